The Morgan fingerprint density at radius 2 is 2.11 bits per heavy atom. The molecule has 0 bridgehead atoms. The molecule has 0 fully saturated rings. The van der Waals surface area contributed by atoms with Gasteiger partial charge in [0.2, 0.25) is 5.75 Å². The van der Waals surface area contributed by atoms with Crippen molar-refractivity contribution in [2.45, 2.75) is 26.9 Å². The number of nitro benzene ring substituents is 1. The predicted molar refractivity (Wildman–Crippen MR) is 64.8 cm³/mol. The van der Waals surface area contributed by atoms with E-state index in [0.717, 1.165) is 0 Å². The molecule has 0 amide bonds. The minimum absolute atomic E-state index is 0.0457. The topological polar surface area (TPSA) is 78.7 Å². The molecule has 1 rings (SSSR count). The van der Waals surface area contributed by atoms with Gasteiger partial charge in [0.25, 0.3) is 0 Å². The van der Waals surface area contributed by atoms with Crippen LogP contribution >= 0.6 is 0 Å². The second-order valence-electron chi connectivity index (χ2n) is 3.80. The third kappa shape index (κ3) is 3.19. The van der Waals surface area contributed by atoms with Gasteiger partial charge in [0.1, 0.15) is 5.56 Å². The molecule has 1 aromatic rings. The largest absolute Gasteiger partial charge is 0.487 e. The van der Waals surface area contributed by atoms with Crippen molar-refractivity contribution in [1.82, 2.24) is 0 Å². The number of hydrogen-bond acceptors (Lipinski definition) is 5. The number of hydrogen-bond donors (Lipinski definition) is 0. The average molecular weight is 253 g/mol. The van der Waals surface area contributed by atoms with Gasteiger partial charge >= 0.3 is 11.7 Å². The molecule has 6 nitrogen and oxygen atoms in total. The lowest BCUT2D eigenvalue weighted by atomic mass is 10.1. The zero-order valence-corrected chi connectivity index (χ0v) is 10.5. The monoisotopic (exact) mass is 253 g/mol. The van der Waals surface area contributed by atoms with Crippen molar-refractivity contribution in [3.8, 4) is 5.75 Å². The fourth-order valence-electron chi connectivity index (χ4n) is 1.40. The summed E-state index contributed by atoms with van der Waals surface area (Å²) in [6, 6.07) is 4.16. The minimum Gasteiger partial charge on any atom is -0.487 e. The van der Waals surface area contributed by atoms with Crippen LogP contribution in [0.2, 0.25) is 0 Å². The summed E-state index contributed by atoms with van der Waals surface area (Å²) in [6.07, 6.45) is -0.300. The number of para-hydroxylation sites is 1. The minimum atomic E-state index is -0.628. The number of carbonyl (C=O) groups excluding carboxylic acids is 1. The molecular weight excluding hydrogens is 238 g/mol. The Kier molecular flexibility index (Phi) is 4.65. The summed E-state index contributed by atoms with van der Waals surface area (Å²) < 4.78 is 10.2. The molecule has 0 atom stereocenters. The van der Waals surface area contributed by atoms with Crippen LogP contribution in [0, 0.1) is 10.1 Å². The van der Waals surface area contributed by atoms with E-state index >= 15 is 0 Å². The summed E-state index contributed by atoms with van der Waals surface area (Å²) >= 11 is 0. The molecule has 0 heterocycles. The van der Waals surface area contributed by atoms with E-state index in [2.05, 4.69) is 0 Å². The van der Waals surface area contributed by atoms with E-state index in [0.29, 0.717) is 0 Å². The van der Waals surface area contributed by atoms with Gasteiger partial charge in [0, 0.05) is 6.07 Å². The highest BCUT2D eigenvalue weighted by Crippen LogP contribution is 2.31. The predicted octanol–water partition coefficient (Wildman–Crippen LogP) is 2.56. The van der Waals surface area contributed by atoms with E-state index < -0.39 is 10.9 Å². The maximum atomic E-state index is 11.8. The van der Waals surface area contributed by atoms with Gasteiger partial charge in [-0.05, 0) is 26.8 Å². The van der Waals surface area contributed by atoms with Crippen LogP contribution in [0.25, 0.3) is 0 Å². The van der Waals surface area contributed by atoms with Gasteiger partial charge in [-0.3, -0.25) is 10.1 Å². The van der Waals surface area contributed by atoms with Crippen molar-refractivity contribution >= 4 is 11.7 Å². The molecule has 0 unspecified atom stereocenters. The van der Waals surface area contributed by atoms with Crippen LogP contribution in [0.1, 0.15) is 31.1 Å². The van der Waals surface area contributed by atoms with Crippen molar-refractivity contribution in [2.24, 2.45) is 0 Å². The molecule has 0 radical (unpaired) electrons. The average Bonchev–Trinajstić information content (AvgIpc) is 2.28. The molecule has 0 saturated carbocycles. The Labute approximate surface area is 105 Å². The van der Waals surface area contributed by atoms with Crippen molar-refractivity contribution in [3.63, 3.8) is 0 Å². The third-order valence-electron chi connectivity index (χ3n) is 2.04. The normalized spacial score (nSPS) is 10.2. The Morgan fingerprint density at radius 3 is 2.61 bits per heavy atom. The molecule has 1 aromatic carbocycles. The standard InChI is InChI=1S/C12H15NO5/c1-4-17-11-9(12(14)18-8(2)3)6-5-7-10(11)13(15)16/h5-8H,4H2,1-3H3. The van der Waals surface area contributed by atoms with E-state index in [1.54, 1.807) is 20.8 Å². The zero-order chi connectivity index (χ0) is 13.7. The van der Waals surface area contributed by atoms with Crippen LogP contribution in [0.5, 0.6) is 5.75 Å². The molecule has 0 saturated heterocycles. The molecular formula is C12H15NO5. The van der Waals surface area contributed by atoms with Crippen LogP contribution in [-0.4, -0.2) is 23.6 Å². The van der Waals surface area contributed by atoms with E-state index in [1.165, 1.54) is 18.2 Å². The molecule has 18 heavy (non-hydrogen) atoms. The lowest BCUT2D eigenvalue weighted by Gasteiger charge is -2.11. The summed E-state index contributed by atoms with van der Waals surface area (Å²) in [7, 11) is 0. The number of ether oxygens (including phenoxy) is 2. The Bertz CT molecular complexity index is 456. The number of nitrogens with zero attached hydrogens (tertiary/aromatic N) is 1. The van der Waals surface area contributed by atoms with E-state index in [-0.39, 0.29) is 29.7 Å². The van der Waals surface area contributed by atoms with Crippen molar-refractivity contribution in [3.05, 3.63) is 33.9 Å². The first kappa shape index (κ1) is 14.0. The SMILES string of the molecule is CCOc1c(C(=O)OC(C)C)cccc1[N+](=O)[O-]. The van der Waals surface area contributed by atoms with Gasteiger partial charge in [0.05, 0.1) is 17.6 Å². The molecule has 0 aromatic heterocycles. The summed E-state index contributed by atoms with van der Waals surface area (Å²) in [6.45, 7) is 5.33. The van der Waals surface area contributed by atoms with Gasteiger partial charge in [-0.15, -0.1) is 0 Å². The number of nitro groups is 1. The molecule has 0 aliphatic carbocycles. The summed E-state index contributed by atoms with van der Waals surface area (Å²) in [5.41, 5.74) is -0.171. The first-order valence-electron chi connectivity index (χ1n) is 5.58. The first-order valence-corrected chi connectivity index (χ1v) is 5.58. The highest BCUT2D eigenvalue weighted by molar-refractivity contribution is 5.94. The molecule has 0 aliphatic heterocycles. The van der Waals surface area contributed by atoms with Gasteiger partial charge < -0.3 is 9.47 Å². The van der Waals surface area contributed by atoms with Crippen molar-refractivity contribution in [1.29, 1.82) is 0 Å². The van der Waals surface area contributed by atoms with E-state index in [1.807, 2.05) is 0 Å². The fraction of sp³-hybridized carbons (Fsp3) is 0.417. The molecule has 0 N–H and O–H groups in total. The van der Waals surface area contributed by atoms with Gasteiger partial charge in [-0.1, -0.05) is 6.07 Å². The summed E-state index contributed by atoms with van der Waals surface area (Å²) in [5, 5.41) is 10.9. The van der Waals surface area contributed by atoms with Crippen LogP contribution in [-0.2, 0) is 4.74 Å². The van der Waals surface area contributed by atoms with Gasteiger partial charge in [-0.2, -0.15) is 0 Å². The smallest absolute Gasteiger partial charge is 0.342 e. The first-order chi connectivity index (χ1) is 8.47. The quantitative estimate of drug-likeness (QED) is 0.457. The molecule has 98 valence electrons. The van der Waals surface area contributed by atoms with E-state index in [4.69, 9.17) is 9.47 Å². The van der Waals surface area contributed by atoms with Gasteiger partial charge in [0.15, 0.2) is 0 Å². The zero-order valence-electron chi connectivity index (χ0n) is 10.5. The summed E-state index contributed by atoms with van der Waals surface area (Å²) in [5.74, 6) is -0.673. The van der Waals surface area contributed by atoms with E-state index in [9.17, 15) is 14.9 Å². The van der Waals surface area contributed by atoms with Crippen LogP contribution in [0.15, 0.2) is 18.2 Å². The third-order valence-corrected chi connectivity index (χ3v) is 2.04. The lowest BCUT2D eigenvalue weighted by molar-refractivity contribution is -0.385. The number of rotatable bonds is 5. The van der Waals surface area contributed by atoms with Gasteiger partial charge in [-0.25, -0.2) is 4.79 Å². The highest BCUT2D eigenvalue weighted by atomic mass is 16.6. The molecule has 0 aliphatic rings. The molecule has 0 spiro atoms. The highest BCUT2D eigenvalue weighted by Gasteiger charge is 2.24. The van der Waals surface area contributed by atoms with Crippen molar-refractivity contribution < 1.29 is 19.2 Å². The number of carbonyl (C=O) groups is 1. The second kappa shape index (κ2) is 6.00. The number of esters is 1. The second-order valence-corrected chi connectivity index (χ2v) is 3.80. The Balaban J connectivity index is 3.21. The summed E-state index contributed by atoms with van der Waals surface area (Å²) in [4.78, 5) is 22.1. The van der Waals surface area contributed by atoms with Crippen LogP contribution in [0.4, 0.5) is 5.69 Å². The lowest BCUT2D eigenvalue weighted by Crippen LogP contribution is -2.13. The van der Waals surface area contributed by atoms with Crippen LogP contribution in [0.3, 0.4) is 0 Å². The Hall–Kier alpha value is -2.11. The Morgan fingerprint density at radius 1 is 1.44 bits per heavy atom. The molecule has 6 heteroatoms. The van der Waals surface area contributed by atoms with Crippen LogP contribution < -0.4 is 4.74 Å². The number of benzene rings is 1. The maximum absolute atomic E-state index is 11.8. The fourth-order valence-corrected chi connectivity index (χ4v) is 1.40. The maximum Gasteiger partial charge on any atom is 0.342 e. The van der Waals surface area contributed by atoms with Crippen molar-refractivity contribution in [2.75, 3.05) is 6.61 Å².